The van der Waals surface area contributed by atoms with E-state index in [1.807, 2.05) is 16.7 Å². The summed E-state index contributed by atoms with van der Waals surface area (Å²) >= 11 is 0. The Balaban J connectivity index is 2.28. The van der Waals surface area contributed by atoms with Gasteiger partial charge in [0.1, 0.15) is 18.2 Å². The van der Waals surface area contributed by atoms with Crippen molar-refractivity contribution in [3.8, 4) is 5.69 Å². The second-order valence-corrected chi connectivity index (χ2v) is 3.06. The van der Waals surface area contributed by atoms with Crippen molar-refractivity contribution in [2.24, 2.45) is 0 Å². The summed E-state index contributed by atoms with van der Waals surface area (Å²) < 4.78 is 1.91. The number of hydrogen-bond acceptors (Lipinski definition) is 4. The Morgan fingerprint density at radius 1 is 1.07 bits per heavy atom. The summed E-state index contributed by atoms with van der Waals surface area (Å²) in [6.07, 6.45) is 8.45. The highest BCUT2D eigenvalue weighted by Gasteiger charge is 2.04. The lowest BCUT2D eigenvalue weighted by atomic mass is 10.4. The van der Waals surface area contributed by atoms with Crippen molar-refractivity contribution >= 4 is 11.2 Å². The minimum absolute atomic E-state index is 0.689. The molecular formula is C10H7N5. The van der Waals surface area contributed by atoms with Crippen LogP contribution in [0, 0.1) is 0 Å². The first-order chi connectivity index (χ1) is 7.45. The lowest BCUT2D eigenvalue weighted by Gasteiger charge is -2.01. The van der Waals surface area contributed by atoms with Crippen molar-refractivity contribution in [1.29, 1.82) is 0 Å². The predicted octanol–water partition coefficient (Wildman–Crippen LogP) is 1.21. The standard InChI is InChI=1S/C10H7N5/c1-2-8(4-11-3-1)15-7-14-10-9(15)5-12-6-13-10/h1-7H. The third kappa shape index (κ3) is 1.25. The largest absolute Gasteiger partial charge is 0.294 e. The van der Waals surface area contributed by atoms with E-state index in [1.54, 1.807) is 24.9 Å². The van der Waals surface area contributed by atoms with Crippen LogP contribution >= 0.6 is 0 Å². The quantitative estimate of drug-likeness (QED) is 0.588. The first-order valence-electron chi connectivity index (χ1n) is 4.48. The van der Waals surface area contributed by atoms with Crippen LogP contribution in [0.15, 0.2) is 43.4 Å². The predicted molar refractivity (Wildman–Crippen MR) is 54.5 cm³/mol. The molecule has 0 N–H and O–H groups in total. The van der Waals surface area contributed by atoms with Gasteiger partial charge in [0.25, 0.3) is 0 Å². The van der Waals surface area contributed by atoms with Gasteiger partial charge in [-0.1, -0.05) is 0 Å². The molecule has 0 saturated heterocycles. The molecule has 3 aromatic heterocycles. The van der Waals surface area contributed by atoms with Gasteiger partial charge >= 0.3 is 0 Å². The molecule has 0 amide bonds. The average molecular weight is 197 g/mol. The van der Waals surface area contributed by atoms with Gasteiger partial charge in [0.15, 0.2) is 5.65 Å². The van der Waals surface area contributed by atoms with Crippen LogP contribution in [0.2, 0.25) is 0 Å². The van der Waals surface area contributed by atoms with Gasteiger partial charge < -0.3 is 0 Å². The second kappa shape index (κ2) is 3.13. The maximum atomic E-state index is 4.18. The zero-order chi connectivity index (χ0) is 10.1. The molecule has 0 saturated carbocycles. The SMILES string of the molecule is c1cncc(-n2cnc3ncncc32)c1. The van der Waals surface area contributed by atoms with Crippen LogP contribution in [0.3, 0.4) is 0 Å². The summed E-state index contributed by atoms with van der Waals surface area (Å²) in [6, 6.07) is 3.84. The average Bonchev–Trinajstić information content (AvgIpc) is 2.74. The number of hydrogen-bond donors (Lipinski definition) is 0. The van der Waals surface area contributed by atoms with Crippen molar-refractivity contribution in [1.82, 2.24) is 24.5 Å². The molecular weight excluding hydrogens is 190 g/mol. The zero-order valence-electron chi connectivity index (χ0n) is 7.78. The van der Waals surface area contributed by atoms with E-state index in [9.17, 15) is 0 Å². The van der Waals surface area contributed by atoms with Crippen LogP contribution in [0.5, 0.6) is 0 Å². The van der Waals surface area contributed by atoms with E-state index in [1.165, 1.54) is 6.33 Å². The number of aromatic nitrogens is 5. The molecule has 0 aliphatic heterocycles. The topological polar surface area (TPSA) is 56.5 Å². The molecule has 3 heterocycles. The smallest absolute Gasteiger partial charge is 0.181 e. The fourth-order valence-electron chi connectivity index (χ4n) is 1.46. The third-order valence-electron chi connectivity index (χ3n) is 2.15. The molecule has 0 fully saturated rings. The van der Waals surface area contributed by atoms with Gasteiger partial charge in [0, 0.05) is 6.20 Å². The summed E-state index contributed by atoms with van der Waals surface area (Å²) in [5.41, 5.74) is 2.52. The third-order valence-corrected chi connectivity index (χ3v) is 2.15. The molecule has 15 heavy (non-hydrogen) atoms. The van der Waals surface area contributed by atoms with E-state index in [2.05, 4.69) is 19.9 Å². The van der Waals surface area contributed by atoms with Crippen molar-refractivity contribution < 1.29 is 0 Å². The Morgan fingerprint density at radius 2 is 2.07 bits per heavy atom. The summed E-state index contributed by atoms with van der Waals surface area (Å²) in [5.74, 6) is 0. The maximum Gasteiger partial charge on any atom is 0.181 e. The molecule has 0 bridgehead atoms. The lowest BCUT2D eigenvalue weighted by molar-refractivity contribution is 1.07. The summed E-state index contributed by atoms with van der Waals surface area (Å²) in [7, 11) is 0. The van der Waals surface area contributed by atoms with E-state index in [0.29, 0.717) is 5.65 Å². The van der Waals surface area contributed by atoms with Crippen LogP contribution in [0.4, 0.5) is 0 Å². The molecule has 0 spiro atoms. The van der Waals surface area contributed by atoms with Gasteiger partial charge in [-0.2, -0.15) is 0 Å². The van der Waals surface area contributed by atoms with Gasteiger partial charge in [0.2, 0.25) is 0 Å². The molecule has 0 aliphatic rings. The van der Waals surface area contributed by atoms with E-state index >= 15 is 0 Å². The van der Waals surface area contributed by atoms with Crippen molar-refractivity contribution in [3.05, 3.63) is 43.4 Å². The van der Waals surface area contributed by atoms with E-state index in [0.717, 1.165) is 11.2 Å². The molecule has 0 unspecified atom stereocenters. The number of nitrogens with zero attached hydrogens (tertiary/aromatic N) is 5. The normalized spacial score (nSPS) is 10.7. The maximum absolute atomic E-state index is 4.18. The van der Waals surface area contributed by atoms with Crippen LogP contribution < -0.4 is 0 Å². The van der Waals surface area contributed by atoms with Crippen LogP contribution in [0.25, 0.3) is 16.9 Å². The minimum atomic E-state index is 0.689. The minimum Gasteiger partial charge on any atom is -0.294 e. The summed E-state index contributed by atoms with van der Waals surface area (Å²) in [5, 5.41) is 0. The van der Waals surface area contributed by atoms with Crippen LogP contribution in [-0.2, 0) is 0 Å². The molecule has 3 aromatic rings. The van der Waals surface area contributed by atoms with Gasteiger partial charge in [0.05, 0.1) is 18.1 Å². The van der Waals surface area contributed by atoms with Crippen LogP contribution in [-0.4, -0.2) is 24.5 Å². The fraction of sp³-hybridized carbons (Fsp3) is 0. The number of rotatable bonds is 1. The van der Waals surface area contributed by atoms with Gasteiger partial charge in [-0.25, -0.2) is 15.0 Å². The molecule has 0 aromatic carbocycles. The molecule has 72 valence electrons. The number of pyridine rings is 1. The number of imidazole rings is 1. The highest BCUT2D eigenvalue weighted by Crippen LogP contribution is 2.13. The van der Waals surface area contributed by atoms with E-state index in [-0.39, 0.29) is 0 Å². The Morgan fingerprint density at radius 3 is 2.93 bits per heavy atom. The molecule has 0 radical (unpaired) electrons. The van der Waals surface area contributed by atoms with E-state index in [4.69, 9.17) is 0 Å². The fourth-order valence-corrected chi connectivity index (χ4v) is 1.46. The first-order valence-corrected chi connectivity index (χ1v) is 4.48. The Hall–Kier alpha value is -2.30. The molecule has 3 rings (SSSR count). The first kappa shape index (κ1) is 8.05. The van der Waals surface area contributed by atoms with Crippen molar-refractivity contribution in [2.75, 3.05) is 0 Å². The highest BCUT2D eigenvalue weighted by atomic mass is 15.1. The van der Waals surface area contributed by atoms with Gasteiger partial charge in [-0.15, -0.1) is 0 Å². The molecule has 5 nitrogen and oxygen atoms in total. The Kier molecular flexibility index (Phi) is 1.68. The highest BCUT2D eigenvalue weighted by molar-refractivity contribution is 5.71. The number of fused-ring (bicyclic) bond motifs is 1. The molecule has 0 atom stereocenters. The van der Waals surface area contributed by atoms with Crippen molar-refractivity contribution in [2.45, 2.75) is 0 Å². The Bertz CT molecular complexity index is 587. The van der Waals surface area contributed by atoms with Gasteiger partial charge in [-0.3, -0.25) is 9.55 Å². The van der Waals surface area contributed by atoms with Crippen molar-refractivity contribution in [3.63, 3.8) is 0 Å². The van der Waals surface area contributed by atoms with Gasteiger partial charge in [-0.05, 0) is 12.1 Å². The monoisotopic (exact) mass is 197 g/mol. The second-order valence-electron chi connectivity index (χ2n) is 3.06. The lowest BCUT2D eigenvalue weighted by Crippen LogP contribution is -1.92. The summed E-state index contributed by atoms with van der Waals surface area (Å²) in [4.78, 5) is 16.3. The zero-order valence-corrected chi connectivity index (χ0v) is 7.78. The van der Waals surface area contributed by atoms with E-state index < -0.39 is 0 Å². The van der Waals surface area contributed by atoms with Crippen LogP contribution in [0.1, 0.15) is 0 Å². The Labute approximate surface area is 85.5 Å². The molecule has 5 heteroatoms. The summed E-state index contributed by atoms with van der Waals surface area (Å²) in [6.45, 7) is 0. The molecule has 0 aliphatic carbocycles.